The molecule has 1 fully saturated rings. The van der Waals surface area contributed by atoms with Gasteiger partial charge in [-0.25, -0.2) is 0 Å². The number of hydrogen-bond donors (Lipinski definition) is 1. The third kappa shape index (κ3) is 3.50. The molecule has 0 aromatic heterocycles. The maximum absolute atomic E-state index is 12.0. The second kappa shape index (κ2) is 5.82. The molecule has 3 nitrogen and oxygen atoms in total. The van der Waals surface area contributed by atoms with Crippen LogP contribution in [-0.4, -0.2) is 22.8 Å². The van der Waals surface area contributed by atoms with Gasteiger partial charge in [0.05, 0.1) is 11.0 Å². The van der Waals surface area contributed by atoms with E-state index in [1.54, 1.807) is 0 Å². The molecule has 3 heteroatoms. The zero-order valence-corrected chi connectivity index (χ0v) is 13.3. The largest absolute Gasteiger partial charge is 0.462 e. The summed E-state index contributed by atoms with van der Waals surface area (Å²) < 4.78 is 5.59. The Hall–Kier alpha value is -0.570. The van der Waals surface area contributed by atoms with E-state index in [4.69, 9.17) is 4.74 Å². The number of ether oxygens (including phenoxy) is 1. The lowest BCUT2D eigenvalue weighted by Gasteiger charge is -2.28. The molecule has 0 saturated heterocycles. The number of rotatable bonds is 7. The van der Waals surface area contributed by atoms with E-state index in [9.17, 15) is 9.90 Å². The summed E-state index contributed by atoms with van der Waals surface area (Å²) >= 11 is 0. The molecule has 0 aromatic carbocycles. The zero-order valence-electron chi connectivity index (χ0n) is 13.3. The normalized spacial score (nSPS) is 25.0. The van der Waals surface area contributed by atoms with Gasteiger partial charge in [-0.2, -0.15) is 0 Å². The highest BCUT2D eigenvalue weighted by molar-refractivity contribution is 5.76. The summed E-state index contributed by atoms with van der Waals surface area (Å²) in [6.07, 6.45) is 3.20. The summed E-state index contributed by atoms with van der Waals surface area (Å²) in [6, 6.07) is 0. The average Bonchev–Trinajstić information content (AvgIpc) is 3.18. The van der Waals surface area contributed by atoms with Gasteiger partial charge in [0.1, 0.15) is 6.10 Å². The summed E-state index contributed by atoms with van der Waals surface area (Å²) in [5.74, 6) is 0.487. The average molecular weight is 270 g/mol. The predicted octanol–water partition coefficient (Wildman–Crippen LogP) is 3.54. The molecule has 1 aliphatic rings. The van der Waals surface area contributed by atoms with Crippen LogP contribution in [0.4, 0.5) is 0 Å². The van der Waals surface area contributed by atoms with Gasteiger partial charge < -0.3 is 9.84 Å². The predicted molar refractivity (Wildman–Crippen MR) is 76.8 cm³/mol. The van der Waals surface area contributed by atoms with E-state index in [2.05, 4.69) is 0 Å². The summed E-state index contributed by atoms with van der Waals surface area (Å²) in [5.41, 5.74) is -0.990. The standard InChI is InChI=1S/C16H30O3/c1-7-15(5,6)14(17)19-11(4)12-10-13(12)16(18,8-2)9-3/h11-13,18H,7-10H2,1-6H3. The van der Waals surface area contributed by atoms with Crippen LogP contribution in [0, 0.1) is 17.3 Å². The van der Waals surface area contributed by atoms with Gasteiger partial charge in [0, 0.05) is 5.92 Å². The van der Waals surface area contributed by atoms with Crippen LogP contribution in [0.3, 0.4) is 0 Å². The molecule has 0 amide bonds. The van der Waals surface area contributed by atoms with Crippen molar-refractivity contribution < 1.29 is 14.6 Å². The van der Waals surface area contributed by atoms with Crippen molar-refractivity contribution in [3.63, 3.8) is 0 Å². The van der Waals surface area contributed by atoms with E-state index in [1.807, 2.05) is 41.5 Å². The van der Waals surface area contributed by atoms with Crippen molar-refractivity contribution in [2.24, 2.45) is 17.3 Å². The third-order valence-electron chi connectivity index (χ3n) is 5.09. The van der Waals surface area contributed by atoms with Gasteiger partial charge in [-0.1, -0.05) is 20.8 Å². The second-order valence-electron chi connectivity index (χ2n) is 6.66. The van der Waals surface area contributed by atoms with Crippen LogP contribution in [-0.2, 0) is 9.53 Å². The summed E-state index contributed by atoms with van der Waals surface area (Å²) in [4.78, 5) is 12.0. The van der Waals surface area contributed by atoms with Crippen molar-refractivity contribution in [1.29, 1.82) is 0 Å². The maximum Gasteiger partial charge on any atom is 0.311 e. The quantitative estimate of drug-likeness (QED) is 0.720. The van der Waals surface area contributed by atoms with Gasteiger partial charge in [0.2, 0.25) is 0 Å². The minimum absolute atomic E-state index is 0.0899. The lowest BCUT2D eigenvalue weighted by molar-refractivity contribution is -0.160. The van der Waals surface area contributed by atoms with E-state index in [1.165, 1.54) is 0 Å². The van der Waals surface area contributed by atoms with E-state index >= 15 is 0 Å². The molecule has 0 bridgehead atoms. The van der Waals surface area contributed by atoms with Crippen molar-refractivity contribution in [2.75, 3.05) is 0 Å². The minimum Gasteiger partial charge on any atom is -0.462 e. The molecule has 1 rings (SSSR count). The smallest absolute Gasteiger partial charge is 0.311 e. The Morgan fingerprint density at radius 1 is 1.26 bits per heavy atom. The number of carbonyl (C=O) groups excluding carboxylic acids is 1. The first-order valence-corrected chi connectivity index (χ1v) is 7.65. The molecular weight excluding hydrogens is 240 g/mol. The van der Waals surface area contributed by atoms with Crippen LogP contribution in [0.2, 0.25) is 0 Å². The molecule has 0 heterocycles. The highest BCUT2D eigenvalue weighted by Gasteiger charge is 2.53. The van der Waals surface area contributed by atoms with E-state index in [0.29, 0.717) is 5.92 Å². The van der Waals surface area contributed by atoms with Gasteiger partial charge in [0.15, 0.2) is 0 Å². The van der Waals surface area contributed by atoms with Crippen LogP contribution in [0.25, 0.3) is 0 Å². The van der Waals surface area contributed by atoms with Crippen molar-refractivity contribution in [3.8, 4) is 0 Å². The van der Waals surface area contributed by atoms with Gasteiger partial charge >= 0.3 is 5.97 Å². The molecular formula is C16H30O3. The Morgan fingerprint density at radius 3 is 2.21 bits per heavy atom. The molecule has 3 unspecified atom stereocenters. The van der Waals surface area contributed by atoms with Crippen LogP contribution >= 0.6 is 0 Å². The molecule has 0 aromatic rings. The fourth-order valence-corrected chi connectivity index (χ4v) is 2.69. The van der Waals surface area contributed by atoms with Crippen LogP contribution < -0.4 is 0 Å². The van der Waals surface area contributed by atoms with E-state index in [0.717, 1.165) is 25.7 Å². The van der Waals surface area contributed by atoms with Gasteiger partial charge in [0.25, 0.3) is 0 Å². The van der Waals surface area contributed by atoms with Crippen molar-refractivity contribution >= 4 is 5.97 Å². The van der Waals surface area contributed by atoms with Crippen molar-refractivity contribution in [1.82, 2.24) is 0 Å². The molecule has 3 atom stereocenters. The van der Waals surface area contributed by atoms with Gasteiger partial charge in [-0.05, 0) is 52.4 Å². The molecule has 0 aliphatic heterocycles. The van der Waals surface area contributed by atoms with Crippen molar-refractivity contribution in [3.05, 3.63) is 0 Å². The Bertz CT molecular complexity index is 318. The lowest BCUT2D eigenvalue weighted by atomic mass is 9.89. The first-order chi connectivity index (χ1) is 8.71. The zero-order chi connectivity index (χ0) is 14.8. The number of carbonyl (C=O) groups is 1. The van der Waals surface area contributed by atoms with Crippen molar-refractivity contribution in [2.45, 2.75) is 78.9 Å². The highest BCUT2D eigenvalue weighted by atomic mass is 16.5. The molecule has 1 aliphatic carbocycles. The molecule has 0 radical (unpaired) electrons. The second-order valence-corrected chi connectivity index (χ2v) is 6.66. The molecule has 1 saturated carbocycles. The van der Waals surface area contributed by atoms with E-state index < -0.39 is 11.0 Å². The molecule has 19 heavy (non-hydrogen) atoms. The summed E-state index contributed by atoms with van der Waals surface area (Å²) in [7, 11) is 0. The van der Waals surface area contributed by atoms with Gasteiger partial charge in [-0.15, -0.1) is 0 Å². The Labute approximate surface area is 117 Å². The maximum atomic E-state index is 12.0. The van der Waals surface area contributed by atoms with Gasteiger partial charge in [-0.3, -0.25) is 4.79 Å². The molecule has 112 valence electrons. The number of aliphatic hydroxyl groups is 1. The fourth-order valence-electron chi connectivity index (χ4n) is 2.69. The fraction of sp³-hybridized carbons (Fsp3) is 0.938. The minimum atomic E-state index is -0.578. The Balaban J connectivity index is 2.55. The summed E-state index contributed by atoms with van der Waals surface area (Å²) in [5, 5.41) is 10.5. The number of esters is 1. The van der Waals surface area contributed by atoms with E-state index in [-0.39, 0.29) is 18.0 Å². The Kier molecular flexibility index (Phi) is 5.05. The SMILES string of the molecule is CCC(C)(C)C(=O)OC(C)C1CC1C(O)(CC)CC. The first kappa shape index (κ1) is 16.5. The lowest BCUT2D eigenvalue weighted by Crippen LogP contribution is -2.34. The first-order valence-electron chi connectivity index (χ1n) is 7.65. The molecule has 1 N–H and O–H groups in total. The monoisotopic (exact) mass is 270 g/mol. The highest BCUT2D eigenvalue weighted by Crippen LogP contribution is 2.51. The third-order valence-corrected chi connectivity index (χ3v) is 5.09. The van der Waals surface area contributed by atoms with Crippen LogP contribution in [0.15, 0.2) is 0 Å². The van der Waals surface area contributed by atoms with Crippen LogP contribution in [0.5, 0.6) is 0 Å². The molecule has 0 spiro atoms. The Morgan fingerprint density at radius 2 is 1.79 bits per heavy atom. The number of hydrogen-bond acceptors (Lipinski definition) is 3. The topological polar surface area (TPSA) is 46.5 Å². The van der Waals surface area contributed by atoms with Crippen LogP contribution in [0.1, 0.15) is 67.2 Å². The summed E-state index contributed by atoms with van der Waals surface area (Å²) in [6.45, 7) is 11.8.